The highest BCUT2D eigenvalue weighted by atomic mass is 35.5. The van der Waals surface area contributed by atoms with Crippen LogP contribution in [-0.4, -0.2) is 12.5 Å². The normalized spacial score (nSPS) is 12.1. The quantitative estimate of drug-likeness (QED) is 0.663. The maximum Gasteiger partial charge on any atom is 0.223 e. The van der Waals surface area contributed by atoms with Gasteiger partial charge in [0.2, 0.25) is 5.91 Å². The molecule has 0 aliphatic carbocycles. The second-order valence-electron chi connectivity index (χ2n) is 6.41. The van der Waals surface area contributed by atoms with E-state index in [2.05, 4.69) is 35.6 Å². The zero-order chi connectivity index (χ0) is 17.6. The molecule has 0 saturated carbocycles. The zero-order valence-electron chi connectivity index (χ0n) is 14.3. The number of rotatable bonds is 6. The van der Waals surface area contributed by atoms with Crippen molar-refractivity contribution in [2.24, 2.45) is 5.92 Å². The Balaban J connectivity index is 1.56. The lowest BCUT2D eigenvalue weighted by molar-refractivity contribution is -0.124. The van der Waals surface area contributed by atoms with Gasteiger partial charge in [-0.05, 0) is 46.9 Å². The summed E-state index contributed by atoms with van der Waals surface area (Å²) in [4.78, 5) is 12.4. The molecule has 0 aromatic heterocycles. The molecule has 0 fully saturated rings. The van der Waals surface area contributed by atoms with Crippen LogP contribution in [0.2, 0.25) is 5.02 Å². The molecule has 128 valence electrons. The van der Waals surface area contributed by atoms with E-state index in [1.807, 2.05) is 43.3 Å². The summed E-state index contributed by atoms with van der Waals surface area (Å²) >= 11 is 5.89. The number of hydrogen-bond acceptors (Lipinski definition) is 1. The molecule has 0 spiro atoms. The molecule has 0 saturated heterocycles. The minimum atomic E-state index is -0.0592. The lowest BCUT2D eigenvalue weighted by atomic mass is 9.95. The van der Waals surface area contributed by atoms with Crippen molar-refractivity contribution < 1.29 is 4.79 Å². The predicted molar refractivity (Wildman–Crippen MR) is 105 cm³/mol. The van der Waals surface area contributed by atoms with Gasteiger partial charge in [-0.3, -0.25) is 4.79 Å². The van der Waals surface area contributed by atoms with Crippen LogP contribution in [0, 0.1) is 5.92 Å². The summed E-state index contributed by atoms with van der Waals surface area (Å²) in [6.45, 7) is 2.62. The van der Waals surface area contributed by atoms with Crippen molar-refractivity contribution in [1.82, 2.24) is 5.32 Å². The largest absolute Gasteiger partial charge is 0.356 e. The van der Waals surface area contributed by atoms with Gasteiger partial charge < -0.3 is 5.32 Å². The molecule has 25 heavy (non-hydrogen) atoms. The van der Waals surface area contributed by atoms with Gasteiger partial charge in [0.25, 0.3) is 0 Å². The number of amides is 1. The Bertz CT molecular complexity index is 852. The number of benzene rings is 3. The third-order valence-corrected chi connectivity index (χ3v) is 4.73. The van der Waals surface area contributed by atoms with Crippen LogP contribution in [0.15, 0.2) is 66.7 Å². The molecule has 3 aromatic rings. The van der Waals surface area contributed by atoms with E-state index in [1.54, 1.807) is 0 Å². The van der Waals surface area contributed by atoms with Crippen LogP contribution in [0.1, 0.15) is 18.1 Å². The smallest absolute Gasteiger partial charge is 0.223 e. The van der Waals surface area contributed by atoms with Gasteiger partial charge in [0, 0.05) is 17.5 Å². The van der Waals surface area contributed by atoms with Gasteiger partial charge in [-0.2, -0.15) is 0 Å². The third kappa shape index (κ3) is 4.61. The van der Waals surface area contributed by atoms with Gasteiger partial charge in [0.1, 0.15) is 0 Å². The summed E-state index contributed by atoms with van der Waals surface area (Å²) in [5.74, 6) is 0.0397. The number of carbonyl (C=O) groups excluding carboxylic acids is 1. The number of halogens is 1. The third-order valence-electron chi connectivity index (χ3n) is 4.48. The fraction of sp³-hybridized carbons (Fsp3) is 0.227. The summed E-state index contributed by atoms with van der Waals surface area (Å²) in [6, 6.07) is 22.3. The second kappa shape index (κ2) is 8.17. The molecule has 0 aliphatic rings. The van der Waals surface area contributed by atoms with Gasteiger partial charge in [0.15, 0.2) is 0 Å². The second-order valence-corrected chi connectivity index (χ2v) is 6.85. The van der Waals surface area contributed by atoms with Crippen LogP contribution in [0.5, 0.6) is 0 Å². The number of fused-ring (bicyclic) bond motifs is 1. The molecule has 0 radical (unpaired) electrons. The standard InChI is InChI=1S/C22H22ClNO/c1-16(15-19-7-4-6-18-5-2-3-8-21(18)19)22(25)24-14-13-17-9-11-20(23)12-10-17/h2-12,16H,13-15H2,1H3,(H,24,25)/t16-/m0/s1. The van der Waals surface area contributed by atoms with E-state index in [-0.39, 0.29) is 11.8 Å². The number of hydrogen-bond donors (Lipinski definition) is 1. The van der Waals surface area contributed by atoms with Crippen LogP contribution in [0.4, 0.5) is 0 Å². The highest BCUT2D eigenvalue weighted by molar-refractivity contribution is 6.30. The number of nitrogens with one attached hydrogen (secondary N) is 1. The van der Waals surface area contributed by atoms with Crippen molar-refractivity contribution in [2.75, 3.05) is 6.54 Å². The first-order valence-electron chi connectivity index (χ1n) is 8.62. The summed E-state index contributed by atoms with van der Waals surface area (Å²) in [7, 11) is 0. The van der Waals surface area contributed by atoms with Gasteiger partial charge in [-0.25, -0.2) is 0 Å². The Hall–Kier alpha value is -2.32. The summed E-state index contributed by atoms with van der Waals surface area (Å²) in [6.07, 6.45) is 1.55. The van der Waals surface area contributed by atoms with E-state index in [0.29, 0.717) is 6.54 Å². The van der Waals surface area contributed by atoms with Crippen LogP contribution in [-0.2, 0) is 17.6 Å². The number of carbonyl (C=O) groups is 1. The Kier molecular flexibility index (Phi) is 5.72. The Morgan fingerprint density at radius 2 is 1.72 bits per heavy atom. The van der Waals surface area contributed by atoms with Gasteiger partial charge in [0.05, 0.1) is 0 Å². The first-order chi connectivity index (χ1) is 12.1. The Morgan fingerprint density at radius 3 is 2.52 bits per heavy atom. The average Bonchev–Trinajstić information content (AvgIpc) is 2.63. The Morgan fingerprint density at radius 1 is 1.00 bits per heavy atom. The predicted octanol–water partition coefficient (Wildman–Crippen LogP) is 5.03. The fourth-order valence-corrected chi connectivity index (χ4v) is 3.17. The molecule has 1 atom stereocenters. The molecule has 0 aliphatic heterocycles. The van der Waals surface area contributed by atoms with E-state index in [0.717, 1.165) is 17.9 Å². The zero-order valence-corrected chi connectivity index (χ0v) is 15.1. The highest BCUT2D eigenvalue weighted by Crippen LogP contribution is 2.21. The molecule has 3 rings (SSSR count). The van der Waals surface area contributed by atoms with Crippen LogP contribution in [0.25, 0.3) is 10.8 Å². The minimum Gasteiger partial charge on any atom is -0.356 e. The van der Waals surface area contributed by atoms with Crippen LogP contribution < -0.4 is 5.32 Å². The first-order valence-corrected chi connectivity index (χ1v) is 9.00. The van der Waals surface area contributed by atoms with E-state index < -0.39 is 0 Å². The Labute approximate surface area is 153 Å². The van der Waals surface area contributed by atoms with Crippen LogP contribution in [0.3, 0.4) is 0 Å². The van der Waals surface area contributed by atoms with E-state index in [4.69, 9.17) is 11.6 Å². The summed E-state index contributed by atoms with van der Waals surface area (Å²) in [5, 5.41) is 6.22. The summed E-state index contributed by atoms with van der Waals surface area (Å²) < 4.78 is 0. The first kappa shape index (κ1) is 17.5. The van der Waals surface area contributed by atoms with Crippen molar-refractivity contribution in [1.29, 1.82) is 0 Å². The molecule has 0 unspecified atom stereocenters. The van der Waals surface area contributed by atoms with Crippen molar-refractivity contribution in [3.05, 3.63) is 82.9 Å². The lowest BCUT2D eigenvalue weighted by Crippen LogP contribution is -2.31. The molecule has 3 aromatic carbocycles. The summed E-state index contributed by atoms with van der Waals surface area (Å²) in [5.41, 5.74) is 2.39. The fourth-order valence-electron chi connectivity index (χ4n) is 3.05. The molecular weight excluding hydrogens is 330 g/mol. The maximum absolute atomic E-state index is 12.4. The van der Waals surface area contributed by atoms with E-state index in [1.165, 1.54) is 21.9 Å². The van der Waals surface area contributed by atoms with E-state index in [9.17, 15) is 4.79 Å². The molecule has 0 heterocycles. The van der Waals surface area contributed by atoms with Gasteiger partial charge >= 0.3 is 0 Å². The molecular formula is C22H22ClNO. The van der Waals surface area contributed by atoms with Crippen molar-refractivity contribution in [2.45, 2.75) is 19.8 Å². The van der Waals surface area contributed by atoms with Crippen LogP contribution >= 0.6 is 11.6 Å². The maximum atomic E-state index is 12.4. The van der Waals surface area contributed by atoms with Crippen molar-refractivity contribution in [3.8, 4) is 0 Å². The molecule has 0 bridgehead atoms. The average molecular weight is 352 g/mol. The molecule has 1 N–H and O–H groups in total. The van der Waals surface area contributed by atoms with Gasteiger partial charge in [-0.15, -0.1) is 0 Å². The minimum absolute atomic E-state index is 0.0592. The van der Waals surface area contributed by atoms with E-state index >= 15 is 0 Å². The monoisotopic (exact) mass is 351 g/mol. The van der Waals surface area contributed by atoms with Crippen molar-refractivity contribution in [3.63, 3.8) is 0 Å². The molecule has 3 heteroatoms. The lowest BCUT2D eigenvalue weighted by Gasteiger charge is -2.14. The SMILES string of the molecule is C[C@@H](Cc1cccc2ccccc12)C(=O)NCCc1ccc(Cl)cc1. The van der Waals surface area contributed by atoms with Gasteiger partial charge in [-0.1, -0.05) is 73.1 Å². The molecule has 2 nitrogen and oxygen atoms in total. The van der Waals surface area contributed by atoms with Crippen molar-refractivity contribution >= 4 is 28.3 Å². The molecule has 1 amide bonds. The topological polar surface area (TPSA) is 29.1 Å². The highest BCUT2D eigenvalue weighted by Gasteiger charge is 2.14.